The molecule has 1 aromatic carbocycles. The van der Waals surface area contributed by atoms with E-state index in [0.29, 0.717) is 22.9 Å². The summed E-state index contributed by atoms with van der Waals surface area (Å²) < 4.78 is 10.5. The summed E-state index contributed by atoms with van der Waals surface area (Å²) in [6.07, 6.45) is 2.17. The highest BCUT2D eigenvalue weighted by atomic mass is 16.5. The molecular weight excluding hydrogens is 232 g/mol. The summed E-state index contributed by atoms with van der Waals surface area (Å²) in [5.74, 6) is 1.38. The van der Waals surface area contributed by atoms with E-state index in [9.17, 15) is 5.11 Å². The van der Waals surface area contributed by atoms with Gasteiger partial charge in [0.1, 0.15) is 17.6 Å². The summed E-state index contributed by atoms with van der Waals surface area (Å²) >= 11 is 0. The molecule has 0 aliphatic rings. The molecule has 0 saturated carbocycles. The minimum Gasteiger partial charge on any atom is -0.496 e. The molecule has 0 amide bonds. The minimum absolute atomic E-state index is 0.306. The van der Waals surface area contributed by atoms with Crippen LogP contribution in [0, 0.1) is 0 Å². The maximum atomic E-state index is 10.3. The molecule has 0 fully saturated rings. The van der Waals surface area contributed by atoms with Crippen LogP contribution in [0.2, 0.25) is 0 Å². The van der Waals surface area contributed by atoms with Gasteiger partial charge >= 0.3 is 0 Å². The monoisotopic (exact) mass is 246 g/mol. The molecule has 0 aliphatic heterocycles. The van der Waals surface area contributed by atoms with E-state index in [4.69, 9.17) is 9.47 Å². The van der Waals surface area contributed by atoms with Crippen molar-refractivity contribution < 1.29 is 14.6 Å². The number of nitrogens with zero attached hydrogens (tertiary/aromatic N) is 2. The van der Waals surface area contributed by atoms with Crippen LogP contribution in [0.4, 0.5) is 0 Å². The SMILES string of the molecule is COc1cccc(OC)c1C(O)c1ncccn1. The predicted molar refractivity (Wildman–Crippen MR) is 65.6 cm³/mol. The smallest absolute Gasteiger partial charge is 0.161 e. The summed E-state index contributed by atoms with van der Waals surface area (Å²) in [5, 5.41) is 10.3. The first-order valence-electron chi connectivity index (χ1n) is 5.43. The van der Waals surface area contributed by atoms with Gasteiger partial charge in [-0.25, -0.2) is 9.97 Å². The highest BCUT2D eigenvalue weighted by molar-refractivity contribution is 5.48. The molecule has 94 valence electrons. The predicted octanol–water partition coefficient (Wildman–Crippen LogP) is 1.58. The van der Waals surface area contributed by atoms with E-state index in [1.807, 2.05) is 0 Å². The zero-order valence-electron chi connectivity index (χ0n) is 10.2. The Hall–Kier alpha value is -2.14. The maximum Gasteiger partial charge on any atom is 0.161 e. The fourth-order valence-electron chi connectivity index (χ4n) is 1.73. The Balaban J connectivity index is 2.49. The highest BCUT2D eigenvalue weighted by Gasteiger charge is 2.22. The molecule has 1 atom stereocenters. The number of ether oxygens (including phenoxy) is 2. The Morgan fingerprint density at radius 2 is 1.56 bits per heavy atom. The van der Waals surface area contributed by atoms with E-state index in [2.05, 4.69) is 9.97 Å². The van der Waals surface area contributed by atoms with Crippen molar-refractivity contribution >= 4 is 0 Å². The van der Waals surface area contributed by atoms with Gasteiger partial charge in [0.05, 0.1) is 19.8 Å². The van der Waals surface area contributed by atoms with E-state index >= 15 is 0 Å². The maximum absolute atomic E-state index is 10.3. The average molecular weight is 246 g/mol. The van der Waals surface area contributed by atoms with Crippen molar-refractivity contribution in [3.05, 3.63) is 48.0 Å². The number of aliphatic hydroxyl groups excluding tert-OH is 1. The summed E-state index contributed by atoms with van der Waals surface area (Å²) in [7, 11) is 3.08. The summed E-state index contributed by atoms with van der Waals surface area (Å²) in [4.78, 5) is 8.07. The molecular formula is C13H14N2O3. The third-order valence-corrected chi connectivity index (χ3v) is 2.57. The molecule has 5 heteroatoms. The molecule has 0 radical (unpaired) electrons. The van der Waals surface area contributed by atoms with Gasteiger partial charge in [0.2, 0.25) is 0 Å². The van der Waals surface area contributed by atoms with Gasteiger partial charge in [-0.3, -0.25) is 0 Å². The van der Waals surface area contributed by atoms with Crippen LogP contribution in [0.5, 0.6) is 11.5 Å². The van der Waals surface area contributed by atoms with E-state index in [0.717, 1.165) is 0 Å². The summed E-state index contributed by atoms with van der Waals surface area (Å²) in [6.45, 7) is 0. The lowest BCUT2D eigenvalue weighted by atomic mass is 10.1. The first kappa shape index (κ1) is 12.3. The number of hydrogen-bond acceptors (Lipinski definition) is 5. The standard InChI is InChI=1S/C13H14N2O3/c1-17-9-5-3-6-10(18-2)11(9)12(16)13-14-7-4-8-15-13/h3-8,12,16H,1-2H3. The summed E-state index contributed by atoms with van der Waals surface area (Å²) in [6, 6.07) is 6.99. The molecule has 0 saturated heterocycles. The third kappa shape index (κ3) is 2.26. The molecule has 1 heterocycles. The minimum atomic E-state index is -0.989. The molecule has 0 aliphatic carbocycles. The Morgan fingerprint density at radius 1 is 1.00 bits per heavy atom. The molecule has 1 N–H and O–H groups in total. The van der Waals surface area contributed by atoms with Crippen molar-refractivity contribution in [2.75, 3.05) is 14.2 Å². The lowest BCUT2D eigenvalue weighted by Crippen LogP contribution is -2.08. The van der Waals surface area contributed by atoms with Crippen LogP contribution in [0.3, 0.4) is 0 Å². The fraction of sp³-hybridized carbons (Fsp3) is 0.231. The van der Waals surface area contributed by atoms with Gasteiger partial charge in [0, 0.05) is 12.4 Å². The molecule has 0 bridgehead atoms. The van der Waals surface area contributed by atoms with E-state index in [-0.39, 0.29) is 0 Å². The Bertz CT molecular complexity index is 495. The fourth-order valence-corrected chi connectivity index (χ4v) is 1.73. The van der Waals surface area contributed by atoms with Gasteiger partial charge in [0.25, 0.3) is 0 Å². The van der Waals surface area contributed by atoms with E-state index < -0.39 is 6.10 Å². The second-order valence-corrected chi connectivity index (χ2v) is 3.59. The lowest BCUT2D eigenvalue weighted by molar-refractivity contribution is 0.199. The van der Waals surface area contributed by atoms with Gasteiger partial charge in [-0.15, -0.1) is 0 Å². The Labute approximate surface area is 105 Å². The van der Waals surface area contributed by atoms with Crippen LogP contribution in [-0.2, 0) is 0 Å². The highest BCUT2D eigenvalue weighted by Crippen LogP contribution is 2.35. The Morgan fingerprint density at radius 3 is 2.06 bits per heavy atom. The largest absolute Gasteiger partial charge is 0.496 e. The van der Waals surface area contributed by atoms with Gasteiger partial charge in [-0.1, -0.05) is 6.07 Å². The number of rotatable bonds is 4. The quantitative estimate of drug-likeness (QED) is 0.887. The molecule has 2 rings (SSSR count). The van der Waals surface area contributed by atoms with Crippen LogP contribution in [0.1, 0.15) is 17.5 Å². The number of benzene rings is 1. The van der Waals surface area contributed by atoms with Crippen LogP contribution in [0.25, 0.3) is 0 Å². The molecule has 0 spiro atoms. The lowest BCUT2D eigenvalue weighted by Gasteiger charge is -2.16. The topological polar surface area (TPSA) is 64.5 Å². The first-order chi connectivity index (χ1) is 8.77. The number of aromatic nitrogens is 2. The van der Waals surface area contributed by atoms with Crippen molar-refractivity contribution in [3.8, 4) is 11.5 Å². The van der Waals surface area contributed by atoms with Gasteiger partial charge in [-0.05, 0) is 18.2 Å². The van der Waals surface area contributed by atoms with Crippen LogP contribution >= 0.6 is 0 Å². The number of aliphatic hydroxyl groups is 1. The third-order valence-electron chi connectivity index (χ3n) is 2.57. The van der Waals surface area contributed by atoms with Crippen molar-refractivity contribution in [2.24, 2.45) is 0 Å². The van der Waals surface area contributed by atoms with Gasteiger partial charge in [0.15, 0.2) is 5.82 Å². The van der Waals surface area contributed by atoms with Crippen LogP contribution < -0.4 is 9.47 Å². The molecule has 5 nitrogen and oxygen atoms in total. The van der Waals surface area contributed by atoms with Crippen LogP contribution in [-0.4, -0.2) is 29.3 Å². The molecule has 1 unspecified atom stereocenters. The molecule has 1 aromatic heterocycles. The van der Waals surface area contributed by atoms with E-state index in [1.165, 1.54) is 14.2 Å². The van der Waals surface area contributed by atoms with Gasteiger partial charge < -0.3 is 14.6 Å². The second kappa shape index (κ2) is 5.46. The number of methoxy groups -OCH3 is 2. The zero-order chi connectivity index (χ0) is 13.0. The second-order valence-electron chi connectivity index (χ2n) is 3.59. The summed E-state index contributed by atoms with van der Waals surface area (Å²) in [5.41, 5.74) is 0.522. The molecule has 18 heavy (non-hydrogen) atoms. The Kier molecular flexibility index (Phi) is 3.74. The molecule has 2 aromatic rings. The van der Waals surface area contributed by atoms with Crippen molar-refractivity contribution in [1.29, 1.82) is 0 Å². The van der Waals surface area contributed by atoms with Crippen molar-refractivity contribution in [3.63, 3.8) is 0 Å². The van der Waals surface area contributed by atoms with Crippen LogP contribution in [0.15, 0.2) is 36.7 Å². The average Bonchev–Trinajstić information content (AvgIpc) is 2.46. The normalized spacial score (nSPS) is 11.9. The number of hydrogen-bond donors (Lipinski definition) is 1. The van der Waals surface area contributed by atoms with E-state index in [1.54, 1.807) is 36.7 Å². The van der Waals surface area contributed by atoms with Crippen molar-refractivity contribution in [1.82, 2.24) is 9.97 Å². The van der Waals surface area contributed by atoms with Crippen molar-refractivity contribution in [2.45, 2.75) is 6.10 Å². The first-order valence-corrected chi connectivity index (χ1v) is 5.43. The van der Waals surface area contributed by atoms with Gasteiger partial charge in [-0.2, -0.15) is 0 Å². The zero-order valence-corrected chi connectivity index (χ0v) is 10.2.